The Morgan fingerprint density at radius 3 is 2.96 bits per heavy atom. The van der Waals surface area contributed by atoms with Crippen molar-refractivity contribution in [3.8, 4) is 0 Å². The first-order valence-electron chi connectivity index (χ1n) is 9.43. The molecular weight excluding hydrogens is 326 g/mol. The number of carbonyl (C=O) groups excluding carboxylic acids is 1. The van der Waals surface area contributed by atoms with E-state index in [9.17, 15) is 4.79 Å². The number of hydrogen-bond acceptors (Lipinski definition) is 4. The van der Waals surface area contributed by atoms with Crippen LogP contribution < -0.4 is 0 Å². The molecule has 0 unspecified atom stereocenters. The Hall–Kier alpha value is -2.21. The summed E-state index contributed by atoms with van der Waals surface area (Å²) in [5.74, 6) is 1.44. The molecule has 140 valence electrons. The maximum absolute atomic E-state index is 12.8. The third kappa shape index (κ3) is 4.49. The molecule has 1 aliphatic heterocycles. The zero-order valence-electron chi connectivity index (χ0n) is 16.1. The van der Waals surface area contributed by atoms with Gasteiger partial charge < -0.3 is 14.4 Å². The Labute approximate surface area is 155 Å². The van der Waals surface area contributed by atoms with Crippen molar-refractivity contribution in [2.45, 2.75) is 38.6 Å². The summed E-state index contributed by atoms with van der Waals surface area (Å²) in [5, 5.41) is 0. The number of piperidine rings is 1. The lowest BCUT2D eigenvalue weighted by molar-refractivity contribution is 0.0697. The van der Waals surface area contributed by atoms with Gasteiger partial charge in [0.2, 0.25) is 0 Å². The van der Waals surface area contributed by atoms with E-state index in [-0.39, 0.29) is 5.91 Å². The van der Waals surface area contributed by atoms with Crippen molar-refractivity contribution in [1.82, 2.24) is 24.3 Å². The summed E-state index contributed by atoms with van der Waals surface area (Å²) in [4.78, 5) is 26.0. The van der Waals surface area contributed by atoms with Crippen LogP contribution in [0, 0.1) is 6.92 Å². The molecule has 1 atom stereocenters. The molecule has 1 amide bonds. The average Bonchev–Trinajstić information content (AvgIpc) is 3.09. The summed E-state index contributed by atoms with van der Waals surface area (Å²) in [6.45, 7) is 5.47. The van der Waals surface area contributed by atoms with Gasteiger partial charge in [-0.2, -0.15) is 0 Å². The summed E-state index contributed by atoms with van der Waals surface area (Å²) in [7, 11) is 4.19. The largest absolute Gasteiger partial charge is 0.337 e. The van der Waals surface area contributed by atoms with E-state index in [2.05, 4.69) is 39.7 Å². The fourth-order valence-corrected chi connectivity index (χ4v) is 3.62. The zero-order chi connectivity index (χ0) is 18.5. The van der Waals surface area contributed by atoms with E-state index in [0.717, 1.165) is 57.0 Å². The van der Waals surface area contributed by atoms with Gasteiger partial charge in [-0.15, -0.1) is 0 Å². The molecule has 0 saturated carbocycles. The van der Waals surface area contributed by atoms with Crippen LogP contribution in [0.15, 0.2) is 30.6 Å². The monoisotopic (exact) mass is 355 g/mol. The van der Waals surface area contributed by atoms with Gasteiger partial charge in [0.1, 0.15) is 11.5 Å². The fraction of sp³-hybridized carbons (Fsp3) is 0.550. The highest BCUT2D eigenvalue weighted by Crippen LogP contribution is 2.26. The normalized spacial score (nSPS) is 17.7. The van der Waals surface area contributed by atoms with Crippen LogP contribution in [0.3, 0.4) is 0 Å². The topological polar surface area (TPSA) is 54.3 Å². The number of imidazole rings is 1. The third-order valence-electron chi connectivity index (χ3n) is 4.93. The van der Waals surface area contributed by atoms with E-state index in [1.54, 1.807) is 6.07 Å². The molecule has 0 spiro atoms. The molecule has 26 heavy (non-hydrogen) atoms. The Morgan fingerprint density at radius 2 is 2.19 bits per heavy atom. The average molecular weight is 355 g/mol. The molecule has 1 saturated heterocycles. The minimum absolute atomic E-state index is 0.0316. The number of aryl methyl sites for hydroxylation is 2. The molecule has 3 heterocycles. The predicted octanol–water partition coefficient (Wildman–Crippen LogP) is 2.56. The van der Waals surface area contributed by atoms with Crippen molar-refractivity contribution in [3.63, 3.8) is 0 Å². The highest BCUT2D eigenvalue weighted by molar-refractivity contribution is 5.92. The summed E-state index contributed by atoms with van der Waals surface area (Å²) in [6, 6.07) is 5.62. The van der Waals surface area contributed by atoms with Gasteiger partial charge in [0.05, 0.1) is 0 Å². The van der Waals surface area contributed by atoms with Crippen molar-refractivity contribution in [2.24, 2.45) is 0 Å². The molecule has 0 radical (unpaired) electrons. The van der Waals surface area contributed by atoms with Gasteiger partial charge in [0.25, 0.3) is 5.91 Å². The van der Waals surface area contributed by atoms with Gasteiger partial charge in [0.15, 0.2) is 0 Å². The van der Waals surface area contributed by atoms with Crippen LogP contribution in [0.2, 0.25) is 0 Å². The molecule has 1 fully saturated rings. The maximum Gasteiger partial charge on any atom is 0.272 e. The van der Waals surface area contributed by atoms with Crippen molar-refractivity contribution < 1.29 is 4.79 Å². The molecule has 0 aliphatic carbocycles. The number of hydrogen-bond donors (Lipinski definition) is 0. The van der Waals surface area contributed by atoms with Crippen molar-refractivity contribution in [3.05, 3.63) is 47.8 Å². The molecule has 2 aromatic heterocycles. The zero-order valence-corrected chi connectivity index (χ0v) is 16.1. The summed E-state index contributed by atoms with van der Waals surface area (Å²) >= 11 is 0. The number of pyridine rings is 1. The van der Waals surface area contributed by atoms with E-state index < -0.39 is 0 Å². The van der Waals surface area contributed by atoms with Gasteiger partial charge in [-0.25, -0.2) is 9.97 Å². The maximum atomic E-state index is 12.8. The van der Waals surface area contributed by atoms with E-state index in [0.29, 0.717) is 11.6 Å². The highest BCUT2D eigenvalue weighted by Gasteiger charge is 2.28. The van der Waals surface area contributed by atoms with Crippen LogP contribution in [0.1, 0.15) is 47.2 Å². The van der Waals surface area contributed by atoms with Crippen LogP contribution in [0.5, 0.6) is 0 Å². The second kappa shape index (κ2) is 8.45. The Kier molecular flexibility index (Phi) is 6.04. The quantitative estimate of drug-likeness (QED) is 0.799. The molecule has 0 bridgehead atoms. The number of aromatic nitrogens is 3. The SMILES string of the molecule is Cc1cccc(C(=O)N2CCC[C@@H](c3nccn3CCCN(C)C)C2)n1. The van der Waals surface area contributed by atoms with Gasteiger partial charge in [-0.1, -0.05) is 6.07 Å². The Morgan fingerprint density at radius 1 is 1.35 bits per heavy atom. The number of carbonyl (C=O) groups is 1. The molecule has 6 heteroatoms. The van der Waals surface area contributed by atoms with Gasteiger partial charge in [0, 0.05) is 43.6 Å². The summed E-state index contributed by atoms with van der Waals surface area (Å²) in [5.41, 5.74) is 1.42. The smallest absolute Gasteiger partial charge is 0.272 e. The number of rotatable bonds is 6. The van der Waals surface area contributed by atoms with Crippen molar-refractivity contribution in [1.29, 1.82) is 0 Å². The number of amides is 1. The predicted molar refractivity (Wildman–Crippen MR) is 102 cm³/mol. The van der Waals surface area contributed by atoms with Gasteiger partial charge >= 0.3 is 0 Å². The van der Waals surface area contributed by atoms with E-state index in [1.807, 2.05) is 30.2 Å². The summed E-state index contributed by atoms with van der Waals surface area (Å²) < 4.78 is 2.26. The van der Waals surface area contributed by atoms with Crippen LogP contribution in [-0.4, -0.2) is 64.0 Å². The lowest BCUT2D eigenvalue weighted by atomic mass is 9.96. The van der Waals surface area contributed by atoms with Crippen LogP contribution in [-0.2, 0) is 6.54 Å². The minimum Gasteiger partial charge on any atom is -0.337 e. The van der Waals surface area contributed by atoms with E-state index >= 15 is 0 Å². The Bertz CT molecular complexity index is 739. The van der Waals surface area contributed by atoms with E-state index in [4.69, 9.17) is 0 Å². The number of nitrogens with zero attached hydrogens (tertiary/aromatic N) is 5. The second-order valence-electron chi connectivity index (χ2n) is 7.39. The lowest BCUT2D eigenvalue weighted by Crippen LogP contribution is -2.40. The molecule has 2 aromatic rings. The molecule has 6 nitrogen and oxygen atoms in total. The molecule has 1 aliphatic rings. The standard InChI is InChI=1S/C20H29N5O/c1-16-7-4-9-18(22-16)20(26)25-12-5-8-17(15-25)19-21-10-14-24(19)13-6-11-23(2)3/h4,7,9-10,14,17H,5-6,8,11-13,15H2,1-3H3/t17-/m1/s1. The first-order chi connectivity index (χ1) is 12.5. The van der Waals surface area contributed by atoms with Crippen LogP contribution in [0.4, 0.5) is 0 Å². The Balaban J connectivity index is 1.67. The molecule has 0 aromatic carbocycles. The third-order valence-corrected chi connectivity index (χ3v) is 4.93. The minimum atomic E-state index is 0.0316. The molecular formula is C20H29N5O. The first-order valence-corrected chi connectivity index (χ1v) is 9.43. The summed E-state index contributed by atoms with van der Waals surface area (Å²) in [6.07, 6.45) is 7.13. The lowest BCUT2D eigenvalue weighted by Gasteiger charge is -2.32. The number of likely N-dealkylation sites (tertiary alicyclic amines) is 1. The van der Waals surface area contributed by atoms with Crippen molar-refractivity contribution in [2.75, 3.05) is 33.7 Å². The van der Waals surface area contributed by atoms with Crippen LogP contribution >= 0.6 is 0 Å². The van der Waals surface area contributed by atoms with Gasteiger partial charge in [-0.05, 0) is 59.0 Å². The first kappa shape index (κ1) is 18.6. The highest BCUT2D eigenvalue weighted by atomic mass is 16.2. The van der Waals surface area contributed by atoms with E-state index in [1.165, 1.54) is 0 Å². The second-order valence-corrected chi connectivity index (χ2v) is 7.39. The van der Waals surface area contributed by atoms with Crippen molar-refractivity contribution >= 4 is 5.91 Å². The van der Waals surface area contributed by atoms with Gasteiger partial charge in [-0.3, -0.25) is 4.79 Å². The molecule has 0 N–H and O–H groups in total. The fourth-order valence-electron chi connectivity index (χ4n) is 3.62. The molecule has 3 rings (SSSR count). The van der Waals surface area contributed by atoms with Crippen LogP contribution in [0.25, 0.3) is 0 Å².